The molecule has 0 radical (unpaired) electrons. The van der Waals surface area contributed by atoms with Crippen LogP contribution in [0.2, 0.25) is 0 Å². The number of hydrogen-bond donors (Lipinski definition) is 0. The zero-order valence-corrected chi connectivity index (χ0v) is 9.82. The van der Waals surface area contributed by atoms with Crippen molar-refractivity contribution in [3.63, 3.8) is 0 Å². The average Bonchev–Trinajstić information content (AvgIpc) is 2.25. The molecule has 1 aliphatic rings. The van der Waals surface area contributed by atoms with Crippen LogP contribution in [0.1, 0.15) is 13.3 Å². The van der Waals surface area contributed by atoms with Crippen molar-refractivity contribution in [2.75, 3.05) is 40.4 Å². The molecule has 1 heterocycles. The normalized spacial score (nSPS) is 16.6. The molecular weight excluding hydrogens is 192 g/mol. The van der Waals surface area contributed by atoms with Crippen molar-refractivity contribution in [2.45, 2.75) is 13.3 Å². The standard InChI is InChI=1S/C11H20N2O2/c1-4-13(8-9-15-3)10-6-5-7-12(2)11(10)14/h6H,4-5,7-9H2,1-3H3. The first-order valence-electron chi connectivity index (χ1n) is 5.40. The summed E-state index contributed by atoms with van der Waals surface area (Å²) in [5.74, 6) is 0.124. The molecular formula is C11H20N2O2. The number of methoxy groups -OCH3 is 1. The summed E-state index contributed by atoms with van der Waals surface area (Å²) in [6.45, 7) is 5.15. The third-order valence-electron chi connectivity index (χ3n) is 2.66. The minimum absolute atomic E-state index is 0.124. The van der Waals surface area contributed by atoms with Gasteiger partial charge in [-0.3, -0.25) is 4.79 Å². The van der Waals surface area contributed by atoms with E-state index >= 15 is 0 Å². The summed E-state index contributed by atoms with van der Waals surface area (Å²) in [5.41, 5.74) is 0.823. The van der Waals surface area contributed by atoms with Crippen molar-refractivity contribution in [2.24, 2.45) is 0 Å². The van der Waals surface area contributed by atoms with Crippen molar-refractivity contribution < 1.29 is 9.53 Å². The quantitative estimate of drug-likeness (QED) is 0.672. The fraction of sp³-hybridized carbons (Fsp3) is 0.727. The van der Waals surface area contributed by atoms with E-state index < -0.39 is 0 Å². The summed E-state index contributed by atoms with van der Waals surface area (Å²) >= 11 is 0. The second kappa shape index (κ2) is 5.75. The molecule has 4 heteroatoms. The summed E-state index contributed by atoms with van der Waals surface area (Å²) in [7, 11) is 3.52. The van der Waals surface area contributed by atoms with Crippen LogP contribution in [-0.2, 0) is 9.53 Å². The molecule has 0 saturated carbocycles. The third kappa shape index (κ3) is 2.96. The Balaban J connectivity index is 2.66. The van der Waals surface area contributed by atoms with E-state index in [0.717, 1.165) is 31.8 Å². The van der Waals surface area contributed by atoms with Gasteiger partial charge in [-0.2, -0.15) is 0 Å². The van der Waals surface area contributed by atoms with Gasteiger partial charge in [-0.05, 0) is 13.3 Å². The fourth-order valence-electron chi connectivity index (χ4n) is 1.69. The van der Waals surface area contributed by atoms with Gasteiger partial charge in [0.1, 0.15) is 0 Å². The number of rotatable bonds is 5. The van der Waals surface area contributed by atoms with Gasteiger partial charge in [-0.25, -0.2) is 0 Å². The van der Waals surface area contributed by atoms with Crippen molar-refractivity contribution >= 4 is 5.91 Å². The molecule has 0 aromatic rings. The second-order valence-corrected chi connectivity index (χ2v) is 3.68. The monoisotopic (exact) mass is 212 g/mol. The third-order valence-corrected chi connectivity index (χ3v) is 2.66. The van der Waals surface area contributed by atoms with E-state index in [4.69, 9.17) is 4.74 Å². The highest BCUT2D eigenvalue weighted by molar-refractivity contribution is 5.93. The number of ether oxygens (including phenoxy) is 1. The van der Waals surface area contributed by atoms with Crippen LogP contribution in [0.5, 0.6) is 0 Å². The van der Waals surface area contributed by atoms with Crippen LogP contribution in [0, 0.1) is 0 Å². The highest BCUT2D eigenvalue weighted by atomic mass is 16.5. The maximum atomic E-state index is 11.9. The van der Waals surface area contributed by atoms with Crippen LogP contribution >= 0.6 is 0 Å². The van der Waals surface area contributed by atoms with Gasteiger partial charge in [0.25, 0.3) is 5.91 Å². The predicted molar refractivity (Wildman–Crippen MR) is 59.5 cm³/mol. The van der Waals surface area contributed by atoms with Crippen LogP contribution < -0.4 is 0 Å². The maximum absolute atomic E-state index is 11.9. The number of carbonyl (C=O) groups excluding carboxylic acids is 1. The van der Waals surface area contributed by atoms with Crippen molar-refractivity contribution in [3.05, 3.63) is 11.8 Å². The highest BCUT2D eigenvalue weighted by Crippen LogP contribution is 2.13. The lowest BCUT2D eigenvalue weighted by atomic mass is 10.2. The Labute approximate surface area is 91.5 Å². The Bertz CT molecular complexity index is 251. The summed E-state index contributed by atoms with van der Waals surface area (Å²) in [5, 5.41) is 0. The summed E-state index contributed by atoms with van der Waals surface area (Å²) in [4.78, 5) is 15.7. The molecule has 1 rings (SSSR count). The molecule has 4 nitrogen and oxygen atoms in total. The summed E-state index contributed by atoms with van der Waals surface area (Å²) < 4.78 is 5.03. The molecule has 0 fully saturated rings. The summed E-state index contributed by atoms with van der Waals surface area (Å²) in [6.07, 6.45) is 2.97. The molecule has 0 aliphatic carbocycles. The van der Waals surface area contributed by atoms with E-state index in [1.807, 2.05) is 13.1 Å². The van der Waals surface area contributed by atoms with Gasteiger partial charge in [0.2, 0.25) is 0 Å². The molecule has 0 unspecified atom stereocenters. The van der Waals surface area contributed by atoms with Crippen molar-refractivity contribution in [3.8, 4) is 0 Å². The lowest BCUT2D eigenvalue weighted by Gasteiger charge is -2.31. The van der Waals surface area contributed by atoms with Gasteiger partial charge >= 0.3 is 0 Å². The molecule has 0 aromatic carbocycles. The average molecular weight is 212 g/mol. The van der Waals surface area contributed by atoms with E-state index in [1.54, 1.807) is 12.0 Å². The molecule has 0 aromatic heterocycles. The first-order chi connectivity index (χ1) is 7.20. The fourth-order valence-corrected chi connectivity index (χ4v) is 1.69. The van der Waals surface area contributed by atoms with Crippen molar-refractivity contribution in [1.82, 2.24) is 9.80 Å². The lowest BCUT2D eigenvalue weighted by molar-refractivity contribution is -0.128. The minimum Gasteiger partial charge on any atom is -0.383 e. The zero-order chi connectivity index (χ0) is 11.3. The molecule has 1 aliphatic heterocycles. The van der Waals surface area contributed by atoms with Gasteiger partial charge in [0.05, 0.1) is 12.3 Å². The van der Waals surface area contributed by atoms with Gasteiger partial charge in [0.15, 0.2) is 0 Å². The van der Waals surface area contributed by atoms with E-state index in [2.05, 4.69) is 11.8 Å². The van der Waals surface area contributed by atoms with E-state index in [0.29, 0.717) is 6.61 Å². The van der Waals surface area contributed by atoms with E-state index in [1.165, 1.54) is 0 Å². The number of carbonyl (C=O) groups is 1. The molecule has 1 amide bonds. The maximum Gasteiger partial charge on any atom is 0.269 e. The van der Waals surface area contributed by atoms with Crippen LogP contribution in [-0.4, -0.2) is 56.1 Å². The topological polar surface area (TPSA) is 32.8 Å². The van der Waals surface area contributed by atoms with Gasteiger partial charge in [-0.1, -0.05) is 6.08 Å². The zero-order valence-electron chi connectivity index (χ0n) is 9.82. The molecule has 15 heavy (non-hydrogen) atoms. The van der Waals surface area contributed by atoms with E-state index in [9.17, 15) is 4.79 Å². The predicted octanol–water partition coefficient (Wildman–Crippen LogP) is 0.701. The second-order valence-electron chi connectivity index (χ2n) is 3.68. The SMILES string of the molecule is CCN(CCOC)C1=CCCN(C)C1=O. The smallest absolute Gasteiger partial charge is 0.269 e. The largest absolute Gasteiger partial charge is 0.383 e. The number of nitrogens with zero attached hydrogens (tertiary/aromatic N) is 2. The van der Waals surface area contributed by atoms with E-state index in [-0.39, 0.29) is 5.91 Å². The Hall–Kier alpha value is -1.03. The molecule has 86 valence electrons. The first kappa shape index (κ1) is 12.0. The number of likely N-dealkylation sites (N-methyl/N-ethyl adjacent to an activating group) is 2. The molecule has 0 atom stereocenters. The van der Waals surface area contributed by atoms with Crippen LogP contribution in [0.3, 0.4) is 0 Å². The van der Waals surface area contributed by atoms with Crippen LogP contribution in [0.4, 0.5) is 0 Å². The molecule has 0 bridgehead atoms. The highest BCUT2D eigenvalue weighted by Gasteiger charge is 2.22. The first-order valence-corrected chi connectivity index (χ1v) is 5.40. The van der Waals surface area contributed by atoms with Gasteiger partial charge < -0.3 is 14.5 Å². The van der Waals surface area contributed by atoms with Gasteiger partial charge in [-0.15, -0.1) is 0 Å². The number of hydrogen-bond acceptors (Lipinski definition) is 3. The minimum atomic E-state index is 0.124. The molecule has 0 N–H and O–H groups in total. The molecule has 0 saturated heterocycles. The molecule has 0 spiro atoms. The summed E-state index contributed by atoms with van der Waals surface area (Å²) in [6, 6.07) is 0. The van der Waals surface area contributed by atoms with Gasteiger partial charge in [0, 0.05) is 33.8 Å². The Kier molecular flexibility index (Phi) is 4.62. The Morgan fingerprint density at radius 1 is 1.60 bits per heavy atom. The van der Waals surface area contributed by atoms with Crippen LogP contribution in [0.25, 0.3) is 0 Å². The van der Waals surface area contributed by atoms with Crippen molar-refractivity contribution in [1.29, 1.82) is 0 Å². The lowest BCUT2D eigenvalue weighted by Crippen LogP contribution is -2.40. The Morgan fingerprint density at radius 3 is 2.93 bits per heavy atom. The number of amides is 1. The Morgan fingerprint density at radius 2 is 2.33 bits per heavy atom. The van der Waals surface area contributed by atoms with Crippen LogP contribution in [0.15, 0.2) is 11.8 Å².